The van der Waals surface area contributed by atoms with Gasteiger partial charge in [-0.05, 0) is 25.1 Å². The molecule has 1 unspecified atom stereocenters. The van der Waals surface area contributed by atoms with Crippen LogP contribution >= 0.6 is 11.6 Å². The SMILES string of the molecule is COCCNC(=O)C(C)N(CC(=O)O)c1cccc(Cl)c1. The molecule has 0 aromatic heterocycles. The van der Waals surface area contributed by atoms with E-state index in [1.807, 2.05) is 0 Å². The van der Waals surface area contributed by atoms with E-state index in [9.17, 15) is 9.59 Å². The van der Waals surface area contributed by atoms with Crippen LogP contribution in [0.15, 0.2) is 24.3 Å². The van der Waals surface area contributed by atoms with Crippen molar-refractivity contribution in [2.24, 2.45) is 0 Å². The molecule has 1 atom stereocenters. The van der Waals surface area contributed by atoms with Crippen molar-refractivity contribution >= 4 is 29.2 Å². The van der Waals surface area contributed by atoms with Gasteiger partial charge >= 0.3 is 5.97 Å². The minimum Gasteiger partial charge on any atom is -0.480 e. The van der Waals surface area contributed by atoms with Crippen molar-refractivity contribution in [3.8, 4) is 0 Å². The zero-order chi connectivity index (χ0) is 15.8. The lowest BCUT2D eigenvalue weighted by molar-refractivity contribution is -0.135. The zero-order valence-electron chi connectivity index (χ0n) is 12.0. The number of carboxylic acid groups (broad SMARTS) is 1. The third kappa shape index (κ3) is 5.61. The van der Waals surface area contributed by atoms with Gasteiger partial charge in [0.05, 0.1) is 6.61 Å². The highest BCUT2D eigenvalue weighted by Gasteiger charge is 2.23. The number of amides is 1. The van der Waals surface area contributed by atoms with E-state index in [2.05, 4.69) is 5.32 Å². The summed E-state index contributed by atoms with van der Waals surface area (Å²) < 4.78 is 4.86. The number of carboxylic acids is 1. The standard InChI is InChI=1S/C14H19ClN2O4/c1-10(14(20)16-6-7-21-2)17(9-13(18)19)12-5-3-4-11(15)8-12/h3-5,8,10H,6-7,9H2,1-2H3,(H,16,20)(H,18,19). The summed E-state index contributed by atoms with van der Waals surface area (Å²) >= 11 is 5.92. The second-order valence-electron chi connectivity index (χ2n) is 4.46. The molecule has 0 radical (unpaired) electrons. The number of rotatable bonds is 8. The Bertz CT molecular complexity index is 496. The molecule has 0 saturated carbocycles. The first-order valence-electron chi connectivity index (χ1n) is 6.46. The molecule has 7 heteroatoms. The topological polar surface area (TPSA) is 78.9 Å². The van der Waals surface area contributed by atoms with Crippen LogP contribution in [0.1, 0.15) is 6.92 Å². The Morgan fingerprint density at radius 2 is 2.19 bits per heavy atom. The lowest BCUT2D eigenvalue weighted by atomic mass is 10.2. The number of halogens is 1. The van der Waals surface area contributed by atoms with Gasteiger partial charge in [-0.3, -0.25) is 9.59 Å². The highest BCUT2D eigenvalue weighted by Crippen LogP contribution is 2.21. The molecule has 0 saturated heterocycles. The van der Waals surface area contributed by atoms with E-state index < -0.39 is 12.0 Å². The molecule has 1 aromatic carbocycles. The van der Waals surface area contributed by atoms with Crippen molar-refractivity contribution in [1.29, 1.82) is 0 Å². The first kappa shape index (κ1) is 17.3. The summed E-state index contributed by atoms with van der Waals surface area (Å²) in [5.74, 6) is -1.29. The maximum absolute atomic E-state index is 12.1. The van der Waals surface area contributed by atoms with E-state index in [0.29, 0.717) is 23.9 Å². The first-order valence-corrected chi connectivity index (χ1v) is 6.84. The number of carbonyl (C=O) groups is 2. The Morgan fingerprint density at radius 1 is 1.48 bits per heavy atom. The van der Waals surface area contributed by atoms with Gasteiger partial charge in [0.25, 0.3) is 0 Å². The average molecular weight is 315 g/mol. The van der Waals surface area contributed by atoms with E-state index >= 15 is 0 Å². The predicted molar refractivity (Wildman–Crippen MR) is 80.8 cm³/mol. The fourth-order valence-corrected chi connectivity index (χ4v) is 2.00. The molecule has 6 nitrogen and oxygen atoms in total. The predicted octanol–water partition coefficient (Wildman–Crippen LogP) is 1.38. The maximum Gasteiger partial charge on any atom is 0.323 e. The number of ether oxygens (including phenoxy) is 1. The van der Waals surface area contributed by atoms with Crippen LogP contribution in [-0.4, -0.2) is 49.8 Å². The van der Waals surface area contributed by atoms with E-state index in [4.69, 9.17) is 21.4 Å². The van der Waals surface area contributed by atoms with Crippen LogP contribution in [0.4, 0.5) is 5.69 Å². The normalized spacial score (nSPS) is 11.8. The number of nitrogens with one attached hydrogen (secondary N) is 1. The molecule has 0 aliphatic heterocycles. The Kier molecular flexibility index (Phi) is 6.98. The summed E-state index contributed by atoms with van der Waals surface area (Å²) in [6, 6.07) is 6.10. The molecule has 0 aliphatic rings. The summed E-state index contributed by atoms with van der Waals surface area (Å²) in [6.45, 7) is 2.12. The van der Waals surface area contributed by atoms with Gasteiger partial charge in [0.1, 0.15) is 12.6 Å². The molecule has 0 fully saturated rings. The Hall–Kier alpha value is -1.79. The molecule has 1 rings (SSSR count). The van der Waals surface area contributed by atoms with Crippen molar-refractivity contribution in [2.75, 3.05) is 31.7 Å². The highest BCUT2D eigenvalue weighted by molar-refractivity contribution is 6.30. The molecule has 0 aliphatic carbocycles. The number of carbonyl (C=O) groups excluding carboxylic acids is 1. The minimum absolute atomic E-state index is 0.270. The van der Waals surface area contributed by atoms with Crippen molar-refractivity contribution < 1.29 is 19.4 Å². The van der Waals surface area contributed by atoms with Gasteiger partial charge in [0, 0.05) is 24.4 Å². The van der Waals surface area contributed by atoms with Crippen LogP contribution in [0, 0.1) is 0 Å². The number of benzene rings is 1. The lowest BCUT2D eigenvalue weighted by Crippen LogP contribution is -2.48. The Morgan fingerprint density at radius 3 is 2.76 bits per heavy atom. The molecule has 21 heavy (non-hydrogen) atoms. The third-order valence-corrected chi connectivity index (χ3v) is 3.13. The van der Waals surface area contributed by atoms with Crippen LogP contribution in [0.2, 0.25) is 5.02 Å². The minimum atomic E-state index is -1.02. The zero-order valence-corrected chi connectivity index (χ0v) is 12.8. The van der Waals surface area contributed by atoms with Crippen LogP contribution in [0.5, 0.6) is 0 Å². The summed E-state index contributed by atoms with van der Waals surface area (Å²) in [6.07, 6.45) is 0. The fraction of sp³-hybridized carbons (Fsp3) is 0.429. The second-order valence-corrected chi connectivity index (χ2v) is 4.90. The summed E-state index contributed by atoms with van der Waals surface area (Å²) in [7, 11) is 1.54. The van der Waals surface area contributed by atoms with Gasteiger partial charge in [-0.15, -0.1) is 0 Å². The number of methoxy groups -OCH3 is 1. The molecule has 116 valence electrons. The van der Waals surface area contributed by atoms with Crippen LogP contribution in [0.3, 0.4) is 0 Å². The largest absolute Gasteiger partial charge is 0.480 e. The monoisotopic (exact) mass is 314 g/mol. The van der Waals surface area contributed by atoms with Crippen molar-refractivity contribution in [3.63, 3.8) is 0 Å². The van der Waals surface area contributed by atoms with Crippen LogP contribution in [-0.2, 0) is 14.3 Å². The smallest absolute Gasteiger partial charge is 0.323 e. The van der Waals surface area contributed by atoms with Crippen molar-refractivity contribution in [1.82, 2.24) is 5.32 Å². The van der Waals surface area contributed by atoms with Crippen LogP contribution < -0.4 is 10.2 Å². The van der Waals surface area contributed by atoms with Gasteiger partial charge in [-0.1, -0.05) is 17.7 Å². The average Bonchev–Trinajstić information content (AvgIpc) is 2.44. The molecule has 1 aromatic rings. The van der Waals surface area contributed by atoms with Crippen molar-refractivity contribution in [2.45, 2.75) is 13.0 Å². The summed E-state index contributed by atoms with van der Waals surface area (Å²) in [5, 5.41) is 12.2. The molecule has 0 heterocycles. The molecule has 1 amide bonds. The molecule has 0 spiro atoms. The Labute approximate surface area is 128 Å². The number of aliphatic carboxylic acids is 1. The van der Waals surface area contributed by atoms with E-state index in [0.717, 1.165) is 0 Å². The highest BCUT2D eigenvalue weighted by atomic mass is 35.5. The fourth-order valence-electron chi connectivity index (χ4n) is 1.82. The maximum atomic E-state index is 12.1. The van der Waals surface area contributed by atoms with Gasteiger partial charge in [-0.25, -0.2) is 0 Å². The quantitative estimate of drug-likeness (QED) is 0.709. The number of anilines is 1. The van der Waals surface area contributed by atoms with Gasteiger partial charge in [0.15, 0.2) is 0 Å². The number of hydrogen-bond acceptors (Lipinski definition) is 4. The summed E-state index contributed by atoms with van der Waals surface area (Å²) in [5.41, 5.74) is 0.583. The number of hydrogen-bond donors (Lipinski definition) is 2. The third-order valence-electron chi connectivity index (χ3n) is 2.90. The van der Waals surface area contributed by atoms with Gasteiger partial charge < -0.3 is 20.1 Å². The Balaban J connectivity index is 2.86. The van der Waals surface area contributed by atoms with E-state index in [1.54, 1.807) is 31.2 Å². The molecule has 0 bridgehead atoms. The van der Waals surface area contributed by atoms with Gasteiger partial charge in [-0.2, -0.15) is 0 Å². The second kappa shape index (κ2) is 8.49. The number of nitrogens with zero attached hydrogens (tertiary/aromatic N) is 1. The molecular formula is C14H19ClN2O4. The van der Waals surface area contributed by atoms with E-state index in [-0.39, 0.29) is 12.5 Å². The lowest BCUT2D eigenvalue weighted by Gasteiger charge is -2.29. The first-order chi connectivity index (χ1) is 9.95. The molecule has 2 N–H and O–H groups in total. The summed E-state index contributed by atoms with van der Waals surface area (Å²) in [4.78, 5) is 24.6. The van der Waals surface area contributed by atoms with Gasteiger partial charge in [0.2, 0.25) is 5.91 Å². The van der Waals surface area contributed by atoms with Crippen molar-refractivity contribution in [3.05, 3.63) is 29.3 Å². The molecular weight excluding hydrogens is 296 g/mol. The van der Waals surface area contributed by atoms with E-state index in [1.165, 1.54) is 12.0 Å². The van der Waals surface area contributed by atoms with Crippen LogP contribution in [0.25, 0.3) is 0 Å².